The topological polar surface area (TPSA) is 36.9 Å². The highest BCUT2D eigenvalue weighted by Gasteiger charge is 2.45. The monoisotopic (exact) mass is 544 g/mol. The van der Waals surface area contributed by atoms with Crippen LogP contribution in [0.3, 0.4) is 0 Å². The van der Waals surface area contributed by atoms with E-state index in [2.05, 4.69) is 83.9 Å². The molecule has 0 aromatic rings. The van der Waals surface area contributed by atoms with Gasteiger partial charge in [-0.15, -0.1) is 0 Å². The SMILES string of the molecule is CC1=C(C(C)(C)C2=C(C)C=C3C2=CC2OCOC2=C3Br)C2=CC3OCOC3=C(Br)C2=C1. The summed E-state index contributed by atoms with van der Waals surface area (Å²) in [5.41, 5.74) is 9.78. The molecular formula is C25H22Br2O4. The van der Waals surface area contributed by atoms with Crippen molar-refractivity contribution in [3.05, 3.63) is 89.4 Å². The molecule has 0 amide bonds. The molecule has 2 fully saturated rings. The van der Waals surface area contributed by atoms with E-state index in [-0.39, 0.29) is 17.6 Å². The van der Waals surface area contributed by atoms with Crippen LogP contribution in [0.4, 0.5) is 0 Å². The van der Waals surface area contributed by atoms with Crippen LogP contribution in [0.25, 0.3) is 0 Å². The molecule has 2 atom stereocenters. The normalized spacial score (nSPS) is 29.2. The number of ether oxygens (including phenoxy) is 4. The van der Waals surface area contributed by atoms with Crippen molar-refractivity contribution >= 4 is 31.9 Å². The van der Waals surface area contributed by atoms with Gasteiger partial charge in [0, 0.05) is 5.41 Å². The molecule has 0 radical (unpaired) electrons. The molecule has 6 rings (SSSR count). The second-order valence-corrected chi connectivity index (χ2v) is 10.7. The number of allylic oxidation sites excluding steroid dienone is 12. The van der Waals surface area contributed by atoms with Gasteiger partial charge >= 0.3 is 0 Å². The van der Waals surface area contributed by atoms with Crippen molar-refractivity contribution in [1.82, 2.24) is 0 Å². The van der Waals surface area contributed by atoms with E-state index in [4.69, 9.17) is 18.9 Å². The zero-order valence-electron chi connectivity index (χ0n) is 17.8. The van der Waals surface area contributed by atoms with Crippen molar-refractivity contribution in [2.45, 2.75) is 39.9 Å². The lowest BCUT2D eigenvalue weighted by molar-refractivity contribution is 0.0627. The minimum Gasteiger partial charge on any atom is -0.468 e. The molecule has 0 spiro atoms. The summed E-state index contributed by atoms with van der Waals surface area (Å²) in [6, 6.07) is 0. The minimum atomic E-state index is -0.225. The highest BCUT2D eigenvalue weighted by Crippen LogP contribution is 2.57. The number of rotatable bonds is 2. The Morgan fingerprint density at radius 1 is 0.742 bits per heavy atom. The number of halogens is 2. The molecule has 2 saturated heterocycles. The van der Waals surface area contributed by atoms with Crippen molar-refractivity contribution in [3.63, 3.8) is 0 Å². The van der Waals surface area contributed by atoms with E-state index in [1.165, 1.54) is 44.6 Å². The van der Waals surface area contributed by atoms with Gasteiger partial charge < -0.3 is 18.9 Å². The van der Waals surface area contributed by atoms with Gasteiger partial charge in [-0.05, 0) is 115 Å². The zero-order chi connectivity index (χ0) is 21.7. The van der Waals surface area contributed by atoms with Crippen LogP contribution in [0.5, 0.6) is 0 Å². The standard InChI is InChI=1S/C25H22Br2O4/c1-11-5-15-13(7-17-23(21(15)26)30-9-28-17)19(11)25(3,4)20-12(2)6-16-14(20)8-18-24(22(16)27)31-10-29-18/h5-8,17-18H,9-10H2,1-4H3. The fourth-order valence-corrected chi connectivity index (χ4v) is 7.11. The summed E-state index contributed by atoms with van der Waals surface area (Å²) in [5, 5.41) is 0. The average Bonchev–Trinajstić information content (AvgIpc) is 3.46. The Hall–Kier alpha value is -1.60. The van der Waals surface area contributed by atoms with E-state index in [9.17, 15) is 0 Å². The molecule has 4 nitrogen and oxygen atoms in total. The van der Waals surface area contributed by atoms with Gasteiger partial charge in [0.1, 0.15) is 23.7 Å². The van der Waals surface area contributed by atoms with Crippen molar-refractivity contribution in [2.24, 2.45) is 5.41 Å². The summed E-state index contributed by atoms with van der Waals surface area (Å²) in [5.74, 6) is 1.74. The molecule has 0 bridgehead atoms. The number of hydrogen-bond donors (Lipinski definition) is 0. The third-order valence-corrected chi connectivity index (χ3v) is 8.50. The molecule has 4 aliphatic carbocycles. The number of hydrogen-bond acceptors (Lipinski definition) is 4. The molecule has 160 valence electrons. The first kappa shape index (κ1) is 20.0. The summed E-state index contributed by atoms with van der Waals surface area (Å²) in [4.78, 5) is 0. The Kier molecular flexibility index (Phi) is 4.33. The van der Waals surface area contributed by atoms with Gasteiger partial charge in [-0.1, -0.05) is 13.8 Å². The Morgan fingerprint density at radius 3 is 1.58 bits per heavy atom. The fourth-order valence-electron chi connectivity index (χ4n) is 5.77. The fraction of sp³-hybridized carbons (Fsp3) is 0.360. The van der Waals surface area contributed by atoms with Gasteiger partial charge in [0.05, 0.1) is 8.96 Å². The third kappa shape index (κ3) is 2.65. The highest BCUT2D eigenvalue weighted by molar-refractivity contribution is 9.12. The largest absolute Gasteiger partial charge is 0.468 e. The first-order valence-electron chi connectivity index (χ1n) is 10.4. The molecule has 2 unspecified atom stereocenters. The van der Waals surface area contributed by atoms with E-state index >= 15 is 0 Å². The second-order valence-electron chi connectivity index (χ2n) is 9.07. The first-order valence-corrected chi connectivity index (χ1v) is 12.0. The van der Waals surface area contributed by atoms with Gasteiger partial charge in [0.2, 0.25) is 0 Å². The van der Waals surface area contributed by atoms with E-state index < -0.39 is 0 Å². The predicted molar refractivity (Wildman–Crippen MR) is 125 cm³/mol. The van der Waals surface area contributed by atoms with Crippen LogP contribution in [0.15, 0.2) is 89.4 Å². The van der Waals surface area contributed by atoms with Crippen LogP contribution in [-0.2, 0) is 18.9 Å². The van der Waals surface area contributed by atoms with Crippen molar-refractivity contribution < 1.29 is 18.9 Å². The minimum absolute atomic E-state index is 0.136. The predicted octanol–water partition coefficient (Wildman–Crippen LogP) is 6.36. The van der Waals surface area contributed by atoms with Crippen molar-refractivity contribution in [3.8, 4) is 0 Å². The van der Waals surface area contributed by atoms with E-state index in [0.29, 0.717) is 13.6 Å². The van der Waals surface area contributed by atoms with E-state index in [1.54, 1.807) is 0 Å². The van der Waals surface area contributed by atoms with E-state index in [0.717, 1.165) is 20.5 Å². The first-order chi connectivity index (χ1) is 14.8. The lowest BCUT2D eigenvalue weighted by Crippen LogP contribution is -2.25. The molecular weight excluding hydrogens is 524 g/mol. The molecule has 2 heterocycles. The summed E-state index contributed by atoms with van der Waals surface area (Å²) in [6.45, 7) is 9.62. The van der Waals surface area contributed by atoms with Crippen LogP contribution < -0.4 is 0 Å². The Labute approximate surface area is 198 Å². The lowest BCUT2D eigenvalue weighted by atomic mass is 9.69. The van der Waals surface area contributed by atoms with Crippen LogP contribution >= 0.6 is 31.9 Å². The smallest absolute Gasteiger partial charge is 0.190 e. The third-order valence-electron chi connectivity index (χ3n) is 6.86. The van der Waals surface area contributed by atoms with Gasteiger partial charge in [0.25, 0.3) is 0 Å². The van der Waals surface area contributed by atoms with Crippen LogP contribution in [0, 0.1) is 5.41 Å². The zero-order valence-corrected chi connectivity index (χ0v) is 20.9. The van der Waals surface area contributed by atoms with Crippen molar-refractivity contribution in [1.29, 1.82) is 0 Å². The maximum absolute atomic E-state index is 5.81. The van der Waals surface area contributed by atoms with Gasteiger partial charge in [-0.3, -0.25) is 0 Å². The molecule has 2 aliphatic heterocycles. The van der Waals surface area contributed by atoms with Crippen LogP contribution in [-0.4, -0.2) is 25.8 Å². The summed E-state index contributed by atoms with van der Waals surface area (Å²) in [7, 11) is 0. The molecule has 6 heteroatoms. The molecule has 0 aromatic heterocycles. The molecule has 0 saturated carbocycles. The Balaban J connectivity index is 1.44. The van der Waals surface area contributed by atoms with E-state index in [1.807, 2.05) is 0 Å². The quantitative estimate of drug-likeness (QED) is 0.404. The lowest BCUT2D eigenvalue weighted by Gasteiger charge is -2.35. The summed E-state index contributed by atoms with van der Waals surface area (Å²) >= 11 is 7.55. The molecule has 0 aromatic carbocycles. The Morgan fingerprint density at radius 2 is 1.16 bits per heavy atom. The molecule has 0 N–H and O–H groups in total. The van der Waals surface area contributed by atoms with Crippen molar-refractivity contribution in [2.75, 3.05) is 13.6 Å². The number of fused-ring (bicyclic) bond motifs is 4. The van der Waals surface area contributed by atoms with Crippen LogP contribution in [0.2, 0.25) is 0 Å². The Bertz CT molecular complexity index is 1110. The molecule has 31 heavy (non-hydrogen) atoms. The molecule has 6 aliphatic rings. The van der Waals surface area contributed by atoms with Gasteiger partial charge in [-0.2, -0.15) is 0 Å². The summed E-state index contributed by atoms with van der Waals surface area (Å²) in [6.07, 6.45) is 8.67. The highest BCUT2D eigenvalue weighted by atomic mass is 79.9. The average molecular weight is 546 g/mol. The summed E-state index contributed by atoms with van der Waals surface area (Å²) < 4.78 is 25.1. The van der Waals surface area contributed by atoms with Gasteiger partial charge in [-0.25, -0.2) is 0 Å². The maximum Gasteiger partial charge on any atom is 0.190 e. The van der Waals surface area contributed by atoms with Gasteiger partial charge in [0.15, 0.2) is 13.6 Å². The second kappa shape index (κ2) is 6.70. The maximum atomic E-state index is 5.81. The van der Waals surface area contributed by atoms with Crippen LogP contribution in [0.1, 0.15) is 27.7 Å².